The van der Waals surface area contributed by atoms with Crippen LogP contribution in [0.1, 0.15) is 56.1 Å². The van der Waals surface area contributed by atoms with Crippen LogP contribution >= 0.6 is 11.3 Å². The van der Waals surface area contributed by atoms with Crippen LogP contribution in [0.15, 0.2) is 41.0 Å². The fraction of sp³-hybridized carbons (Fsp3) is 0.300. The van der Waals surface area contributed by atoms with Crippen molar-refractivity contribution in [3.8, 4) is 0 Å². The fourth-order valence-electron chi connectivity index (χ4n) is 3.38. The minimum Gasteiger partial charge on any atom is -0.469 e. The molecule has 0 fully saturated rings. The van der Waals surface area contributed by atoms with Gasteiger partial charge in [-0.1, -0.05) is 12.1 Å². The number of nitrogens with one attached hydrogen (secondary N) is 1. The van der Waals surface area contributed by atoms with Gasteiger partial charge in [0.15, 0.2) is 0 Å². The predicted octanol–water partition coefficient (Wildman–Crippen LogP) is 4.58. The van der Waals surface area contributed by atoms with Crippen molar-refractivity contribution in [2.75, 3.05) is 0 Å². The zero-order chi connectivity index (χ0) is 18.1. The van der Waals surface area contributed by atoms with Gasteiger partial charge in [-0.3, -0.25) is 4.79 Å². The zero-order valence-electron chi connectivity index (χ0n) is 14.4. The van der Waals surface area contributed by atoms with Crippen molar-refractivity contribution in [3.63, 3.8) is 0 Å². The highest BCUT2D eigenvalue weighted by atomic mass is 32.1. The lowest BCUT2D eigenvalue weighted by Gasteiger charge is -2.22. The summed E-state index contributed by atoms with van der Waals surface area (Å²) in [5.41, 5.74) is 2.79. The van der Waals surface area contributed by atoms with Crippen molar-refractivity contribution in [2.45, 2.75) is 38.6 Å². The van der Waals surface area contributed by atoms with E-state index < -0.39 is 0 Å². The average Bonchev–Trinajstić information content (AvgIpc) is 3.24. The highest BCUT2D eigenvalue weighted by Crippen LogP contribution is 2.31. The Morgan fingerprint density at radius 3 is 2.96 bits per heavy atom. The molecule has 1 aliphatic rings. The van der Waals surface area contributed by atoms with Crippen LogP contribution in [0.5, 0.6) is 0 Å². The van der Waals surface area contributed by atoms with Crippen LogP contribution in [-0.4, -0.2) is 10.9 Å². The molecule has 0 spiro atoms. The molecule has 4 nitrogen and oxygen atoms in total. The highest BCUT2D eigenvalue weighted by molar-refractivity contribution is 7.13. The summed E-state index contributed by atoms with van der Waals surface area (Å²) in [7, 11) is 0. The Bertz CT molecular complexity index is 930. The first kappa shape index (κ1) is 17.0. The number of aryl methyl sites for hydroxylation is 2. The summed E-state index contributed by atoms with van der Waals surface area (Å²) in [5.74, 6) is 0.624. The second kappa shape index (κ2) is 7.03. The lowest BCUT2D eigenvalue weighted by molar-refractivity contribution is 0.0935. The standard InChI is InChI=1S/C20H19FN2O2S/c1-12-19(26-18(22-12)11-13-5-7-14(21)8-6-13)20(24)23-16-3-2-4-17-15(16)9-10-25-17/h5-10,16H,2-4,11H2,1H3,(H,23,24). The van der Waals surface area contributed by atoms with Crippen molar-refractivity contribution in [2.24, 2.45) is 0 Å². The number of carbonyl (C=O) groups is 1. The first-order chi connectivity index (χ1) is 12.6. The summed E-state index contributed by atoms with van der Waals surface area (Å²) in [5, 5.41) is 3.98. The lowest BCUT2D eigenvalue weighted by Crippen LogP contribution is -2.30. The van der Waals surface area contributed by atoms with Gasteiger partial charge in [0.05, 0.1) is 23.0 Å². The van der Waals surface area contributed by atoms with Crippen molar-refractivity contribution >= 4 is 17.2 Å². The summed E-state index contributed by atoms with van der Waals surface area (Å²) >= 11 is 1.40. The van der Waals surface area contributed by atoms with Gasteiger partial charge in [0, 0.05) is 18.4 Å². The van der Waals surface area contributed by atoms with Crippen molar-refractivity contribution in [1.29, 1.82) is 0 Å². The number of fused-ring (bicyclic) bond motifs is 1. The molecule has 1 aromatic carbocycles. The second-order valence-corrected chi connectivity index (χ2v) is 7.63. The predicted molar refractivity (Wildman–Crippen MR) is 97.9 cm³/mol. The van der Waals surface area contributed by atoms with E-state index in [1.165, 1.54) is 23.5 Å². The van der Waals surface area contributed by atoms with Gasteiger partial charge in [0.25, 0.3) is 5.91 Å². The monoisotopic (exact) mass is 370 g/mol. The Hall–Kier alpha value is -2.47. The maximum atomic E-state index is 13.0. The third-order valence-electron chi connectivity index (χ3n) is 4.67. The van der Waals surface area contributed by atoms with Gasteiger partial charge in [0.2, 0.25) is 0 Å². The maximum Gasteiger partial charge on any atom is 0.263 e. The molecule has 4 rings (SSSR count). The Kier molecular flexibility index (Phi) is 4.59. The quantitative estimate of drug-likeness (QED) is 0.731. The minimum atomic E-state index is -0.254. The van der Waals surface area contributed by atoms with Crippen molar-refractivity contribution in [3.05, 3.63) is 74.9 Å². The molecular weight excluding hydrogens is 351 g/mol. The number of hydrogen-bond donors (Lipinski definition) is 1. The molecule has 1 N–H and O–H groups in total. The SMILES string of the molecule is Cc1nc(Cc2ccc(F)cc2)sc1C(=O)NC1CCCc2occc21. The summed E-state index contributed by atoms with van der Waals surface area (Å²) in [4.78, 5) is 17.9. The summed E-state index contributed by atoms with van der Waals surface area (Å²) in [6.45, 7) is 1.85. The van der Waals surface area contributed by atoms with Crippen molar-refractivity contribution < 1.29 is 13.6 Å². The van der Waals surface area contributed by atoms with Crippen LogP contribution < -0.4 is 5.32 Å². The molecule has 0 radical (unpaired) electrons. The molecule has 6 heteroatoms. The molecule has 134 valence electrons. The molecule has 1 atom stereocenters. The Morgan fingerprint density at radius 2 is 2.15 bits per heavy atom. The van der Waals surface area contributed by atoms with Gasteiger partial charge in [-0.2, -0.15) is 0 Å². The normalized spacial score (nSPS) is 16.3. The van der Waals surface area contributed by atoms with E-state index in [0.29, 0.717) is 11.3 Å². The minimum absolute atomic E-state index is 0.00736. The second-order valence-electron chi connectivity index (χ2n) is 6.54. The zero-order valence-corrected chi connectivity index (χ0v) is 15.2. The van der Waals surface area contributed by atoms with Crippen molar-refractivity contribution in [1.82, 2.24) is 10.3 Å². The van der Waals surface area contributed by atoms with Crippen LogP contribution in [0.2, 0.25) is 0 Å². The number of rotatable bonds is 4. The molecule has 26 heavy (non-hydrogen) atoms. The number of furan rings is 1. The molecule has 0 aliphatic heterocycles. The maximum absolute atomic E-state index is 13.0. The van der Waals surface area contributed by atoms with Crippen LogP contribution in [0.25, 0.3) is 0 Å². The molecule has 3 aromatic rings. The van der Waals surface area contributed by atoms with Gasteiger partial charge in [-0.25, -0.2) is 9.37 Å². The van der Waals surface area contributed by atoms with Crippen LogP contribution in [-0.2, 0) is 12.8 Å². The van der Waals surface area contributed by atoms with Gasteiger partial charge in [-0.05, 0) is 43.5 Å². The topological polar surface area (TPSA) is 55.1 Å². The molecular formula is C20H19FN2O2S. The molecule has 2 heterocycles. The molecule has 1 aliphatic carbocycles. The molecule has 0 saturated heterocycles. The van der Waals surface area contributed by atoms with E-state index in [-0.39, 0.29) is 17.8 Å². The Morgan fingerprint density at radius 1 is 1.35 bits per heavy atom. The Balaban J connectivity index is 1.49. The number of amides is 1. The third kappa shape index (κ3) is 3.42. The van der Waals surface area contributed by atoms with Gasteiger partial charge in [0.1, 0.15) is 16.5 Å². The number of aromatic nitrogens is 1. The lowest BCUT2D eigenvalue weighted by atomic mass is 9.93. The first-order valence-corrected chi connectivity index (χ1v) is 9.49. The number of nitrogens with zero attached hydrogens (tertiary/aromatic N) is 1. The third-order valence-corrected chi connectivity index (χ3v) is 5.83. The van der Waals surface area contributed by atoms with Crippen LogP contribution in [0.3, 0.4) is 0 Å². The average molecular weight is 370 g/mol. The summed E-state index contributed by atoms with van der Waals surface area (Å²) < 4.78 is 18.5. The van der Waals surface area contributed by atoms with Gasteiger partial charge >= 0.3 is 0 Å². The number of carbonyl (C=O) groups excluding carboxylic acids is 1. The van der Waals surface area contributed by atoms with E-state index >= 15 is 0 Å². The van der Waals surface area contributed by atoms with Crippen LogP contribution in [0, 0.1) is 12.7 Å². The van der Waals surface area contributed by atoms with E-state index in [1.807, 2.05) is 13.0 Å². The number of thiazole rings is 1. The van der Waals surface area contributed by atoms with E-state index in [4.69, 9.17) is 4.42 Å². The number of halogens is 1. The first-order valence-electron chi connectivity index (χ1n) is 8.68. The van der Waals surface area contributed by atoms with E-state index in [2.05, 4.69) is 10.3 Å². The summed E-state index contributed by atoms with van der Waals surface area (Å²) in [6, 6.07) is 8.30. The smallest absolute Gasteiger partial charge is 0.263 e. The van der Waals surface area contributed by atoms with E-state index in [9.17, 15) is 9.18 Å². The molecule has 2 aromatic heterocycles. The van der Waals surface area contributed by atoms with E-state index in [1.54, 1.807) is 18.4 Å². The largest absolute Gasteiger partial charge is 0.469 e. The molecule has 1 amide bonds. The Labute approximate surface area is 155 Å². The number of benzene rings is 1. The highest BCUT2D eigenvalue weighted by Gasteiger charge is 2.26. The molecule has 0 saturated carbocycles. The fourth-order valence-corrected chi connectivity index (χ4v) is 4.38. The van der Waals surface area contributed by atoms with Gasteiger partial charge in [-0.15, -0.1) is 11.3 Å². The molecule has 0 bridgehead atoms. The summed E-state index contributed by atoms with van der Waals surface area (Å²) in [6.07, 6.45) is 5.12. The van der Waals surface area contributed by atoms with Gasteiger partial charge < -0.3 is 9.73 Å². The molecule has 1 unspecified atom stereocenters. The van der Waals surface area contributed by atoms with E-state index in [0.717, 1.165) is 46.9 Å². The van der Waals surface area contributed by atoms with Crippen LogP contribution in [0.4, 0.5) is 4.39 Å². The number of hydrogen-bond acceptors (Lipinski definition) is 4.